The van der Waals surface area contributed by atoms with Crippen LogP contribution >= 0.6 is 0 Å². The highest BCUT2D eigenvalue weighted by Crippen LogP contribution is 2.37. The lowest BCUT2D eigenvalue weighted by Crippen LogP contribution is -2.41. The van der Waals surface area contributed by atoms with Crippen LogP contribution in [0.3, 0.4) is 0 Å². The number of aryl methyl sites for hydroxylation is 2. The van der Waals surface area contributed by atoms with Gasteiger partial charge < -0.3 is 15.3 Å². The maximum Gasteiger partial charge on any atom is 0.249 e. The van der Waals surface area contributed by atoms with E-state index in [2.05, 4.69) is 47.2 Å². The first kappa shape index (κ1) is 20.0. The molecule has 32 heavy (non-hydrogen) atoms. The number of fused-ring (bicyclic) bond motifs is 1. The largest absolute Gasteiger partial charge is 0.336 e. The van der Waals surface area contributed by atoms with Crippen LogP contribution in [0.4, 0.5) is 0 Å². The molecule has 0 bridgehead atoms. The van der Waals surface area contributed by atoms with Gasteiger partial charge in [-0.3, -0.25) is 4.79 Å². The minimum atomic E-state index is -0.919. The number of benzene rings is 3. The van der Waals surface area contributed by atoms with Crippen molar-refractivity contribution in [2.24, 2.45) is 12.8 Å². The van der Waals surface area contributed by atoms with E-state index in [0.717, 1.165) is 38.9 Å². The second-order valence-corrected chi connectivity index (χ2v) is 8.24. The number of nitrogens with one attached hydrogen (secondary N) is 1. The predicted octanol–water partition coefficient (Wildman–Crippen LogP) is 4.49. The summed E-state index contributed by atoms with van der Waals surface area (Å²) >= 11 is 0. The topological polar surface area (TPSA) is 76.7 Å². The Balaban J connectivity index is 1.81. The fourth-order valence-electron chi connectivity index (χ4n) is 4.37. The molecule has 0 aliphatic heterocycles. The number of aromatic amines is 1. The average molecular weight is 421 g/mol. The summed E-state index contributed by atoms with van der Waals surface area (Å²) in [5.74, 6) is 0. The smallest absolute Gasteiger partial charge is 0.249 e. The molecule has 5 rings (SSSR count). The van der Waals surface area contributed by atoms with E-state index in [9.17, 15) is 4.79 Å². The lowest BCUT2D eigenvalue weighted by molar-refractivity contribution is 0.596. The van der Waals surface area contributed by atoms with Crippen molar-refractivity contribution in [3.63, 3.8) is 0 Å². The second-order valence-electron chi connectivity index (χ2n) is 8.24. The van der Waals surface area contributed by atoms with Crippen molar-refractivity contribution >= 4 is 10.9 Å². The minimum Gasteiger partial charge on any atom is -0.336 e. The van der Waals surface area contributed by atoms with Crippen molar-refractivity contribution < 1.29 is 0 Å². The Hall–Kier alpha value is -3.96. The molecular weight excluding hydrogens is 396 g/mol. The molecule has 0 aliphatic rings. The molecule has 1 unspecified atom stereocenters. The van der Waals surface area contributed by atoms with Crippen molar-refractivity contribution in [3.05, 3.63) is 124 Å². The molecule has 5 heteroatoms. The summed E-state index contributed by atoms with van der Waals surface area (Å²) in [4.78, 5) is 19.6. The standard InChI is InChI=1S/C27H24N4O/c1-18-8-10-20(11-9-18)27(28,25-16-29-17-31(25)2)21-12-13-24-23(14-21)22(15-26(32)30-24)19-6-4-3-5-7-19/h3-17H,28H2,1-2H3,(H,30,32). The summed E-state index contributed by atoms with van der Waals surface area (Å²) in [6, 6.07) is 25.9. The van der Waals surface area contributed by atoms with E-state index in [-0.39, 0.29) is 5.56 Å². The Labute approximate surface area is 186 Å². The van der Waals surface area contributed by atoms with Crippen molar-refractivity contribution in [1.82, 2.24) is 14.5 Å². The van der Waals surface area contributed by atoms with Crippen LogP contribution in [0.1, 0.15) is 22.4 Å². The van der Waals surface area contributed by atoms with Gasteiger partial charge in [-0.15, -0.1) is 0 Å². The van der Waals surface area contributed by atoms with Gasteiger partial charge in [0.25, 0.3) is 0 Å². The number of rotatable bonds is 4. The molecule has 0 fully saturated rings. The lowest BCUT2D eigenvalue weighted by Gasteiger charge is -2.31. The molecule has 3 aromatic carbocycles. The third-order valence-corrected chi connectivity index (χ3v) is 6.11. The summed E-state index contributed by atoms with van der Waals surface area (Å²) in [7, 11) is 1.95. The number of nitrogens with zero attached hydrogens (tertiary/aromatic N) is 2. The molecule has 158 valence electrons. The van der Waals surface area contributed by atoms with Crippen LogP contribution in [0.25, 0.3) is 22.0 Å². The van der Waals surface area contributed by atoms with Crippen molar-refractivity contribution in [3.8, 4) is 11.1 Å². The van der Waals surface area contributed by atoms with Gasteiger partial charge in [0.1, 0.15) is 5.54 Å². The lowest BCUT2D eigenvalue weighted by atomic mass is 9.80. The Kier molecular flexibility index (Phi) is 4.76. The highest BCUT2D eigenvalue weighted by molar-refractivity contribution is 5.95. The van der Waals surface area contributed by atoms with Crippen LogP contribution in [-0.4, -0.2) is 14.5 Å². The highest BCUT2D eigenvalue weighted by atomic mass is 16.1. The van der Waals surface area contributed by atoms with Gasteiger partial charge >= 0.3 is 0 Å². The molecule has 1 atom stereocenters. The van der Waals surface area contributed by atoms with Crippen LogP contribution in [0.5, 0.6) is 0 Å². The van der Waals surface area contributed by atoms with Crippen LogP contribution in [0.2, 0.25) is 0 Å². The van der Waals surface area contributed by atoms with Crippen LogP contribution < -0.4 is 11.3 Å². The van der Waals surface area contributed by atoms with Crippen LogP contribution in [0, 0.1) is 6.92 Å². The average Bonchev–Trinajstić information content (AvgIpc) is 3.25. The third kappa shape index (κ3) is 3.24. The molecule has 0 spiro atoms. The highest BCUT2D eigenvalue weighted by Gasteiger charge is 2.35. The zero-order valence-corrected chi connectivity index (χ0v) is 18.0. The fourth-order valence-corrected chi connectivity index (χ4v) is 4.37. The number of imidazole rings is 1. The first-order valence-corrected chi connectivity index (χ1v) is 10.5. The maximum atomic E-state index is 12.4. The summed E-state index contributed by atoms with van der Waals surface area (Å²) in [6.07, 6.45) is 3.58. The first-order valence-electron chi connectivity index (χ1n) is 10.5. The molecule has 5 nitrogen and oxygen atoms in total. The molecule has 0 radical (unpaired) electrons. The van der Waals surface area contributed by atoms with Crippen molar-refractivity contribution in [2.75, 3.05) is 0 Å². The van der Waals surface area contributed by atoms with Crippen molar-refractivity contribution in [2.45, 2.75) is 12.5 Å². The predicted molar refractivity (Wildman–Crippen MR) is 128 cm³/mol. The third-order valence-electron chi connectivity index (χ3n) is 6.11. The second kappa shape index (κ2) is 7.62. The molecule has 0 saturated heterocycles. The Morgan fingerprint density at radius 2 is 1.66 bits per heavy atom. The van der Waals surface area contributed by atoms with Gasteiger partial charge in [-0.1, -0.05) is 66.2 Å². The van der Waals surface area contributed by atoms with Gasteiger partial charge in [0.2, 0.25) is 5.56 Å². The molecule has 3 N–H and O–H groups in total. The van der Waals surface area contributed by atoms with Gasteiger partial charge in [-0.25, -0.2) is 4.98 Å². The van der Waals surface area contributed by atoms with Gasteiger partial charge in [0.05, 0.1) is 18.2 Å². The summed E-state index contributed by atoms with van der Waals surface area (Å²) in [5, 5.41) is 0.942. The minimum absolute atomic E-state index is 0.131. The Morgan fingerprint density at radius 3 is 2.34 bits per heavy atom. The normalized spacial score (nSPS) is 13.2. The van der Waals surface area contributed by atoms with E-state index in [4.69, 9.17) is 5.73 Å². The van der Waals surface area contributed by atoms with Crippen LogP contribution in [0.15, 0.2) is 96.2 Å². The first-order chi connectivity index (χ1) is 15.5. The quantitative estimate of drug-likeness (QED) is 0.450. The summed E-state index contributed by atoms with van der Waals surface area (Å²) in [5.41, 5.74) is 12.8. The number of H-pyrrole nitrogens is 1. The number of nitrogens with two attached hydrogens (primary N) is 1. The van der Waals surface area contributed by atoms with E-state index >= 15 is 0 Å². The van der Waals surface area contributed by atoms with E-state index in [0.29, 0.717) is 0 Å². The zero-order valence-electron chi connectivity index (χ0n) is 18.0. The van der Waals surface area contributed by atoms with E-state index in [1.807, 2.05) is 60.3 Å². The maximum absolute atomic E-state index is 12.4. The van der Waals surface area contributed by atoms with E-state index < -0.39 is 5.54 Å². The number of hydrogen-bond acceptors (Lipinski definition) is 3. The van der Waals surface area contributed by atoms with Gasteiger partial charge in [-0.2, -0.15) is 0 Å². The van der Waals surface area contributed by atoms with E-state index in [1.165, 1.54) is 5.56 Å². The van der Waals surface area contributed by atoms with Crippen LogP contribution in [-0.2, 0) is 12.6 Å². The van der Waals surface area contributed by atoms with Gasteiger partial charge in [-0.05, 0) is 41.3 Å². The monoisotopic (exact) mass is 420 g/mol. The number of hydrogen-bond donors (Lipinski definition) is 2. The summed E-state index contributed by atoms with van der Waals surface area (Å²) < 4.78 is 1.95. The SMILES string of the molecule is Cc1ccc(C(N)(c2ccc3[nH]c(=O)cc(-c4ccccc4)c3c2)c2cncn2C)cc1. The molecule has 0 saturated carbocycles. The molecule has 0 aliphatic carbocycles. The molecular formula is C27H24N4O. The van der Waals surface area contributed by atoms with Gasteiger partial charge in [0.15, 0.2) is 0 Å². The fraction of sp³-hybridized carbons (Fsp3) is 0.111. The molecule has 2 aromatic heterocycles. The molecule has 0 amide bonds. The Bertz CT molecular complexity index is 1470. The van der Waals surface area contributed by atoms with E-state index in [1.54, 1.807) is 12.4 Å². The number of aromatic nitrogens is 3. The summed E-state index contributed by atoms with van der Waals surface area (Å²) in [6.45, 7) is 2.06. The van der Waals surface area contributed by atoms with Gasteiger partial charge in [0, 0.05) is 24.0 Å². The zero-order chi connectivity index (χ0) is 22.3. The number of pyridine rings is 1. The molecule has 5 aromatic rings. The van der Waals surface area contributed by atoms with Crippen molar-refractivity contribution in [1.29, 1.82) is 0 Å². The Morgan fingerprint density at radius 1 is 0.938 bits per heavy atom. The molecule has 2 heterocycles.